The first-order chi connectivity index (χ1) is 12.0. The second-order valence-corrected chi connectivity index (χ2v) is 6.18. The van der Waals surface area contributed by atoms with Gasteiger partial charge in [0.25, 0.3) is 0 Å². The third kappa shape index (κ3) is 4.00. The van der Waals surface area contributed by atoms with Crippen molar-refractivity contribution in [3.8, 4) is 0 Å². The number of anilines is 1. The van der Waals surface area contributed by atoms with Crippen LogP contribution in [0.1, 0.15) is 10.8 Å². The fourth-order valence-electron chi connectivity index (χ4n) is 2.11. The van der Waals surface area contributed by atoms with Gasteiger partial charge < -0.3 is 5.32 Å². The summed E-state index contributed by atoms with van der Waals surface area (Å²) in [6.07, 6.45) is 0. The Morgan fingerprint density at radius 3 is 2.56 bits per heavy atom. The Kier molecular flexibility index (Phi) is 5.03. The van der Waals surface area contributed by atoms with E-state index in [-0.39, 0.29) is 5.69 Å². The summed E-state index contributed by atoms with van der Waals surface area (Å²) < 4.78 is 27.8. The molecule has 3 aromatic rings. The second-order valence-electron chi connectivity index (χ2n) is 5.11. The summed E-state index contributed by atoms with van der Waals surface area (Å²) in [7, 11) is 1.66. The number of carbonyl (C=O) groups excluding carboxylic acids is 1. The van der Waals surface area contributed by atoms with Crippen LogP contribution in [0.5, 0.6) is 0 Å². The fourth-order valence-corrected chi connectivity index (χ4v) is 3.05. The zero-order valence-corrected chi connectivity index (χ0v) is 13.9. The number of hydrogen-bond acceptors (Lipinski definition) is 5. The van der Waals surface area contributed by atoms with Gasteiger partial charge in [0.15, 0.2) is 11.6 Å². The topological polar surface area (TPSA) is 72.7 Å². The highest BCUT2D eigenvalue weighted by Gasteiger charge is 2.24. The molecule has 1 amide bonds. The molecule has 0 radical (unpaired) electrons. The molecule has 0 aliphatic carbocycles. The molecular weight excluding hydrogens is 348 g/mol. The molecule has 0 spiro atoms. The normalized spacial score (nSPS) is 12.0. The summed E-state index contributed by atoms with van der Waals surface area (Å²) in [5, 5.41) is 13.5. The Bertz CT molecular complexity index is 887. The van der Waals surface area contributed by atoms with Gasteiger partial charge in [-0.25, -0.2) is 13.5 Å². The van der Waals surface area contributed by atoms with Crippen LogP contribution in [0.4, 0.5) is 14.5 Å². The maximum Gasteiger partial charge on any atom is 0.242 e. The average Bonchev–Trinajstić information content (AvgIpc) is 3.01. The Morgan fingerprint density at radius 2 is 1.92 bits per heavy atom. The molecule has 0 fully saturated rings. The maximum absolute atomic E-state index is 13.4. The van der Waals surface area contributed by atoms with Crippen LogP contribution in [0.25, 0.3) is 0 Å². The van der Waals surface area contributed by atoms with Gasteiger partial charge in [-0.1, -0.05) is 42.1 Å². The lowest BCUT2D eigenvalue weighted by Crippen LogP contribution is -2.19. The minimum atomic E-state index is -1.03. The third-order valence-corrected chi connectivity index (χ3v) is 4.61. The summed E-state index contributed by atoms with van der Waals surface area (Å²) in [6.45, 7) is 0. The molecule has 0 aliphatic heterocycles. The first kappa shape index (κ1) is 17.0. The number of nitrogens with one attached hydrogen (secondary N) is 1. The molecule has 2 aromatic carbocycles. The minimum absolute atomic E-state index is 0.168. The lowest BCUT2D eigenvalue weighted by molar-refractivity contribution is -0.115. The average molecular weight is 361 g/mol. The number of hydrogen-bond donors (Lipinski definition) is 1. The van der Waals surface area contributed by atoms with E-state index in [0.29, 0.717) is 5.16 Å². The lowest BCUT2D eigenvalue weighted by atomic mass is 10.1. The molecule has 0 saturated carbocycles. The molecular formula is C16H13F2N5OS. The van der Waals surface area contributed by atoms with Crippen LogP contribution in [-0.2, 0) is 11.8 Å². The fraction of sp³-hybridized carbons (Fsp3) is 0.125. The highest BCUT2D eigenvalue weighted by molar-refractivity contribution is 8.00. The van der Waals surface area contributed by atoms with Crippen LogP contribution in [0.15, 0.2) is 53.7 Å². The highest BCUT2D eigenvalue weighted by atomic mass is 32.2. The van der Waals surface area contributed by atoms with E-state index < -0.39 is 22.8 Å². The van der Waals surface area contributed by atoms with Gasteiger partial charge in [-0.15, -0.1) is 5.10 Å². The van der Waals surface area contributed by atoms with Gasteiger partial charge in [0.2, 0.25) is 11.1 Å². The van der Waals surface area contributed by atoms with Crippen molar-refractivity contribution >= 4 is 23.4 Å². The predicted molar refractivity (Wildman–Crippen MR) is 88.8 cm³/mol. The van der Waals surface area contributed by atoms with Crippen molar-refractivity contribution in [2.24, 2.45) is 7.05 Å². The highest BCUT2D eigenvalue weighted by Crippen LogP contribution is 2.34. The molecule has 0 bridgehead atoms. The standard InChI is InChI=1S/C16H13F2N5OS/c1-23-16(20-21-22-23)25-14(10-5-3-2-4-6-10)15(24)19-11-7-8-12(17)13(18)9-11/h2-9,14H,1H3,(H,19,24)/t14-/m1/s1. The molecule has 6 nitrogen and oxygen atoms in total. The van der Waals surface area contributed by atoms with E-state index in [0.717, 1.165) is 29.5 Å². The van der Waals surface area contributed by atoms with E-state index in [4.69, 9.17) is 0 Å². The molecule has 3 rings (SSSR count). The monoisotopic (exact) mass is 361 g/mol. The number of nitrogens with zero attached hydrogens (tertiary/aromatic N) is 4. The van der Waals surface area contributed by atoms with Crippen LogP contribution >= 0.6 is 11.8 Å². The van der Waals surface area contributed by atoms with Crippen LogP contribution in [0.3, 0.4) is 0 Å². The van der Waals surface area contributed by atoms with Crippen LogP contribution in [0.2, 0.25) is 0 Å². The van der Waals surface area contributed by atoms with Crippen LogP contribution in [0, 0.1) is 11.6 Å². The molecule has 128 valence electrons. The van der Waals surface area contributed by atoms with E-state index >= 15 is 0 Å². The summed E-state index contributed by atoms with van der Waals surface area (Å²) >= 11 is 1.16. The maximum atomic E-state index is 13.4. The SMILES string of the molecule is Cn1nnnc1S[C@@H](C(=O)Nc1ccc(F)c(F)c1)c1ccccc1. The first-order valence-electron chi connectivity index (χ1n) is 7.24. The molecule has 1 atom stereocenters. The van der Waals surface area contributed by atoms with E-state index in [2.05, 4.69) is 20.8 Å². The van der Waals surface area contributed by atoms with Gasteiger partial charge in [0.05, 0.1) is 0 Å². The molecule has 1 heterocycles. The Hall–Kier alpha value is -2.81. The number of aromatic nitrogens is 4. The van der Waals surface area contributed by atoms with E-state index in [1.807, 2.05) is 18.2 Å². The van der Waals surface area contributed by atoms with Gasteiger partial charge in [-0.3, -0.25) is 4.79 Å². The van der Waals surface area contributed by atoms with Crippen LogP contribution < -0.4 is 5.32 Å². The lowest BCUT2D eigenvalue weighted by Gasteiger charge is -2.16. The molecule has 1 N–H and O–H groups in total. The van der Waals surface area contributed by atoms with E-state index in [9.17, 15) is 13.6 Å². The number of halogens is 2. The molecule has 9 heteroatoms. The van der Waals surface area contributed by atoms with E-state index in [1.54, 1.807) is 19.2 Å². The quantitative estimate of drug-likeness (QED) is 0.708. The zero-order chi connectivity index (χ0) is 17.8. The summed E-state index contributed by atoms with van der Waals surface area (Å²) in [5.41, 5.74) is 0.900. The predicted octanol–water partition coefficient (Wildman–Crippen LogP) is 2.96. The molecule has 0 aliphatic rings. The molecule has 25 heavy (non-hydrogen) atoms. The number of aryl methyl sites for hydroxylation is 1. The largest absolute Gasteiger partial charge is 0.325 e. The Morgan fingerprint density at radius 1 is 1.16 bits per heavy atom. The van der Waals surface area contributed by atoms with Gasteiger partial charge in [0, 0.05) is 18.8 Å². The molecule has 1 aromatic heterocycles. The van der Waals surface area contributed by atoms with E-state index in [1.165, 1.54) is 10.7 Å². The molecule has 0 unspecified atom stereocenters. The minimum Gasteiger partial charge on any atom is -0.325 e. The van der Waals surface area contributed by atoms with Crippen molar-refractivity contribution in [2.75, 3.05) is 5.32 Å². The van der Waals surface area contributed by atoms with Crippen molar-refractivity contribution in [1.82, 2.24) is 20.2 Å². The van der Waals surface area contributed by atoms with Gasteiger partial charge in [-0.05, 0) is 28.1 Å². The van der Waals surface area contributed by atoms with Crippen LogP contribution in [-0.4, -0.2) is 26.1 Å². The van der Waals surface area contributed by atoms with Gasteiger partial charge in [0.1, 0.15) is 5.25 Å². The van der Waals surface area contributed by atoms with Crippen molar-refractivity contribution in [3.05, 3.63) is 65.7 Å². The molecule has 0 saturated heterocycles. The number of tetrazole rings is 1. The number of benzene rings is 2. The number of thioether (sulfide) groups is 1. The Labute approximate surface area is 146 Å². The zero-order valence-electron chi connectivity index (χ0n) is 13.1. The Balaban J connectivity index is 1.86. The van der Waals surface area contributed by atoms with Crippen molar-refractivity contribution in [3.63, 3.8) is 0 Å². The summed E-state index contributed by atoms with van der Waals surface area (Å²) in [4.78, 5) is 12.7. The summed E-state index contributed by atoms with van der Waals surface area (Å²) in [5.74, 6) is -2.40. The number of amides is 1. The van der Waals surface area contributed by atoms with Crippen molar-refractivity contribution in [2.45, 2.75) is 10.4 Å². The van der Waals surface area contributed by atoms with Crippen molar-refractivity contribution < 1.29 is 13.6 Å². The summed E-state index contributed by atoms with van der Waals surface area (Å²) in [6, 6.07) is 12.2. The number of rotatable bonds is 5. The number of carbonyl (C=O) groups is 1. The second kappa shape index (κ2) is 7.39. The van der Waals surface area contributed by atoms with Crippen molar-refractivity contribution in [1.29, 1.82) is 0 Å². The first-order valence-corrected chi connectivity index (χ1v) is 8.12. The van der Waals surface area contributed by atoms with Gasteiger partial charge in [-0.2, -0.15) is 0 Å². The smallest absolute Gasteiger partial charge is 0.242 e. The third-order valence-electron chi connectivity index (χ3n) is 3.33. The van der Waals surface area contributed by atoms with Gasteiger partial charge >= 0.3 is 0 Å².